The number of carbonyl (C=O) groups excluding carboxylic acids is 1. The van der Waals surface area contributed by atoms with Crippen molar-refractivity contribution < 1.29 is 14.3 Å². The summed E-state index contributed by atoms with van der Waals surface area (Å²) in [6, 6.07) is 13.5. The van der Waals surface area contributed by atoms with Gasteiger partial charge in [0.1, 0.15) is 0 Å². The Kier molecular flexibility index (Phi) is 4.02. The molecule has 1 unspecified atom stereocenters. The second kappa shape index (κ2) is 6.12. The van der Waals surface area contributed by atoms with Gasteiger partial charge in [0.25, 0.3) is 0 Å². The van der Waals surface area contributed by atoms with Gasteiger partial charge in [-0.1, -0.05) is 30.3 Å². The van der Waals surface area contributed by atoms with Gasteiger partial charge in [0.05, 0.1) is 25.8 Å². The van der Waals surface area contributed by atoms with Crippen LogP contribution in [-0.4, -0.2) is 25.8 Å². The summed E-state index contributed by atoms with van der Waals surface area (Å²) in [6.07, 6.45) is 0. The highest BCUT2D eigenvalue weighted by atomic mass is 16.5. The fourth-order valence-corrected chi connectivity index (χ4v) is 2.68. The summed E-state index contributed by atoms with van der Waals surface area (Å²) in [5, 5.41) is 4.32. The second-order valence-electron chi connectivity index (χ2n) is 5.32. The summed E-state index contributed by atoms with van der Waals surface area (Å²) >= 11 is 0. The largest absolute Gasteiger partial charge is 0.493 e. The minimum absolute atomic E-state index is 0.149. The number of fused-ring (bicyclic) bond motifs is 1. The van der Waals surface area contributed by atoms with Crippen LogP contribution in [0.15, 0.2) is 47.6 Å². The van der Waals surface area contributed by atoms with Gasteiger partial charge in [0.15, 0.2) is 11.5 Å². The van der Waals surface area contributed by atoms with Crippen LogP contribution in [-0.2, 0) is 4.79 Å². The van der Waals surface area contributed by atoms with Crippen molar-refractivity contribution in [2.45, 2.75) is 12.8 Å². The summed E-state index contributed by atoms with van der Waals surface area (Å²) in [5.74, 6) is 0.718. The monoisotopic (exact) mass is 310 g/mol. The van der Waals surface area contributed by atoms with E-state index < -0.39 is 0 Å². The SMILES string of the molecule is COc1cc2c(cc1OC)C(C)C(=O)NN=C2c1ccccc1. The maximum absolute atomic E-state index is 12.2. The van der Waals surface area contributed by atoms with Crippen molar-refractivity contribution in [3.05, 3.63) is 59.2 Å². The molecule has 2 aromatic rings. The van der Waals surface area contributed by atoms with E-state index in [4.69, 9.17) is 9.47 Å². The van der Waals surface area contributed by atoms with Gasteiger partial charge in [-0.15, -0.1) is 0 Å². The van der Waals surface area contributed by atoms with E-state index in [1.54, 1.807) is 14.2 Å². The molecule has 0 fully saturated rings. The molecule has 3 rings (SSSR count). The molecule has 1 amide bonds. The predicted octanol–water partition coefficient (Wildman–Crippen LogP) is 2.69. The first-order valence-electron chi connectivity index (χ1n) is 7.35. The lowest BCUT2D eigenvalue weighted by Gasteiger charge is -2.16. The van der Waals surface area contributed by atoms with Crippen LogP contribution in [0.3, 0.4) is 0 Å². The molecular formula is C18H18N2O3. The molecule has 1 heterocycles. The zero-order chi connectivity index (χ0) is 16.4. The topological polar surface area (TPSA) is 59.9 Å². The number of carbonyl (C=O) groups is 1. The summed E-state index contributed by atoms with van der Waals surface area (Å²) in [5.41, 5.74) is 5.99. The van der Waals surface area contributed by atoms with Crippen molar-refractivity contribution in [3.63, 3.8) is 0 Å². The van der Waals surface area contributed by atoms with Crippen LogP contribution in [0.5, 0.6) is 11.5 Å². The zero-order valence-electron chi connectivity index (χ0n) is 13.3. The van der Waals surface area contributed by atoms with E-state index in [0.29, 0.717) is 17.2 Å². The molecule has 5 heteroatoms. The Morgan fingerprint density at radius 1 is 1.04 bits per heavy atom. The lowest BCUT2D eigenvalue weighted by atomic mass is 9.90. The average Bonchev–Trinajstić information content (AvgIpc) is 2.72. The normalized spacial score (nSPS) is 16.7. The summed E-state index contributed by atoms with van der Waals surface area (Å²) < 4.78 is 10.8. The summed E-state index contributed by atoms with van der Waals surface area (Å²) in [6.45, 7) is 1.85. The van der Waals surface area contributed by atoms with Gasteiger partial charge in [0.2, 0.25) is 5.91 Å². The first-order chi connectivity index (χ1) is 11.2. The first-order valence-corrected chi connectivity index (χ1v) is 7.35. The van der Waals surface area contributed by atoms with Gasteiger partial charge >= 0.3 is 0 Å². The molecule has 0 radical (unpaired) electrons. The molecule has 0 aliphatic carbocycles. The van der Waals surface area contributed by atoms with Crippen molar-refractivity contribution in [2.75, 3.05) is 14.2 Å². The number of hydrazone groups is 1. The molecule has 0 saturated heterocycles. The molecule has 0 aromatic heterocycles. The van der Waals surface area contributed by atoms with Gasteiger partial charge < -0.3 is 9.47 Å². The molecule has 1 N–H and O–H groups in total. The molecular weight excluding hydrogens is 292 g/mol. The maximum atomic E-state index is 12.2. The average molecular weight is 310 g/mol. The molecule has 2 aromatic carbocycles. The van der Waals surface area contributed by atoms with Crippen LogP contribution in [0, 0.1) is 0 Å². The minimum atomic E-state index is -0.338. The third kappa shape index (κ3) is 2.65. The summed E-state index contributed by atoms with van der Waals surface area (Å²) in [7, 11) is 3.17. The number of nitrogens with one attached hydrogen (secondary N) is 1. The quantitative estimate of drug-likeness (QED) is 0.948. The van der Waals surface area contributed by atoms with Crippen LogP contribution in [0.1, 0.15) is 29.5 Å². The fraction of sp³-hybridized carbons (Fsp3) is 0.222. The van der Waals surface area contributed by atoms with Gasteiger partial charge in [-0.25, -0.2) is 5.43 Å². The highest BCUT2D eigenvalue weighted by molar-refractivity contribution is 6.15. The van der Waals surface area contributed by atoms with E-state index in [-0.39, 0.29) is 11.8 Å². The number of methoxy groups -OCH3 is 2. The number of hydrogen-bond acceptors (Lipinski definition) is 4. The van der Waals surface area contributed by atoms with Crippen molar-refractivity contribution in [1.29, 1.82) is 0 Å². The molecule has 118 valence electrons. The Hall–Kier alpha value is -2.82. The molecule has 0 spiro atoms. The van der Waals surface area contributed by atoms with Crippen molar-refractivity contribution in [2.24, 2.45) is 5.10 Å². The standard InChI is InChI=1S/C18H18N2O3/c1-11-13-9-15(22-2)16(23-3)10-14(13)17(19-20-18(11)21)12-7-5-4-6-8-12/h4-11H,1-3H3,(H,20,21). The Morgan fingerprint density at radius 2 is 1.70 bits per heavy atom. The van der Waals surface area contributed by atoms with Crippen LogP contribution in [0.2, 0.25) is 0 Å². The van der Waals surface area contributed by atoms with Crippen LogP contribution in [0.4, 0.5) is 0 Å². The van der Waals surface area contributed by atoms with Crippen LogP contribution in [0.25, 0.3) is 0 Å². The lowest BCUT2D eigenvalue weighted by Crippen LogP contribution is -2.22. The van der Waals surface area contributed by atoms with Gasteiger partial charge in [-0.05, 0) is 24.6 Å². The third-order valence-corrected chi connectivity index (χ3v) is 4.00. The van der Waals surface area contributed by atoms with E-state index in [2.05, 4.69) is 10.5 Å². The number of amides is 1. The number of ether oxygens (including phenoxy) is 2. The van der Waals surface area contributed by atoms with E-state index in [0.717, 1.165) is 16.7 Å². The smallest absolute Gasteiger partial charge is 0.247 e. The molecule has 23 heavy (non-hydrogen) atoms. The molecule has 0 saturated carbocycles. The van der Waals surface area contributed by atoms with E-state index >= 15 is 0 Å². The highest BCUT2D eigenvalue weighted by Crippen LogP contribution is 2.36. The minimum Gasteiger partial charge on any atom is -0.493 e. The van der Waals surface area contributed by atoms with Gasteiger partial charge in [-0.2, -0.15) is 5.10 Å². The Bertz CT molecular complexity index is 769. The maximum Gasteiger partial charge on any atom is 0.247 e. The number of nitrogens with zero attached hydrogens (tertiary/aromatic N) is 1. The van der Waals surface area contributed by atoms with Gasteiger partial charge in [-0.3, -0.25) is 4.79 Å². The number of benzene rings is 2. The second-order valence-corrected chi connectivity index (χ2v) is 5.32. The van der Waals surface area contributed by atoms with Gasteiger partial charge in [0, 0.05) is 11.1 Å². The molecule has 5 nitrogen and oxygen atoms in total. The Morgan fingerprint density at radius 3 is 2.35 bits per heavy atom. The number of hydrogen-bond donors (Lipinski definition) is 1. The van der Waals surface area contributed by atoms with Crippen molar-refractivity contribution in [1.82, 2.24) is 5.43 Å². The Labute approximate surface area is 134 Å². The van der Waals surface area contributed by atoms with Crippen LogP contribution < -0.4 is 14.9 Å². The molecule has 0 bridgehead atoms. The predicted molar refractivity (Wildman–Crippen MR) is 88.2 cm³/mol. The van der Waals surface area contributed by atoms with Crippen molar-refractivity contribution >= 4 is 11.6 Å². The fourth-order valence-electron chi connectivity index (χ4n) is 2.68. The third-order valence-electron chi connectivity index (χ3n) is 4.00. The van der Waals surface area contributed by atoms with Crippen molar-refractivity contribution in [3.8, 4) is 11.5 Å². The van der Waals surface area contributed by atoms with E-state index in [1.807, 2.05) is 49.4 Å². The first kappa shape index (κ1) is 15.1. The molecule has 1 atom stereocenters. The molecule has 1 aliphatic rings. The van der Waals surface area contributed by atoms with E-state index in [1.165, 1.54) is 0 Å². The Balaban J connectivity index is 2.25. The highest BCUT2D eigenvalue weighted by Gasteiger charge is 2.27. The van der Waals surface area contributed by atoms with Crippen LogP contribution >= 0.6 is 0 Å². The summed E-state index contributed by atoms with van der Waals surface area (Å²) in [4.78, 5) is 12.2. The molecule has 1 aliphatic heterocycles. The number of rotatable bonds is 3. The van der Waals surface area contributed by atoms with E-state index in [9.17, 15) is 4.79 Å². The zero-order valence-corrected chi connectivity index (χ0v) is 13.3. The lowest BCUT2D eigenvalue weighted by molar-refractivity contribution is -0.122.